The number of carbonyl (C=O) groups excluding carboxylic acids is 2. The maximum absolute atomic E-state index is 12.4. The Labute approximate surface area is 161 Å². The fraction of sp³-hybridized carbons (Fsp3) is 0.391. The zero-order valence-corrected chi connectivity index (χ0v) is 16.1. The van der Waals surface area contributed by atoms with Gasteiger partial charge < -0.3 is 10.6 Å². The first-order chi connectivity index (χ1) is 13.1. The van der Waals surface area contributed by atoms with E-state index in [0.29, 0.717) is 24.6 Å². The van der Waals surface area contributed by atoms with E-state index in [1.165, 1.54) is 5.56 Å². The highest BCUT2D eigenvalue weighted by Crippen LogP contribution is 2.30. The zero-order valence-electron chi connectivity index (χ0n) is 16.1. The van der Waals surface area contributed by atoms with Gasteiger partial charge in [0.05, 0.1) is 0 Å². The van der Waals surface area contributed by atoms with E-state index in [2.05, 4.69) is 41.8 Å². The number of amides is 2. The molecular weight excluding hydrogens is 336 g/mol. The minimum Gasteiger partial charge on any atom is -0.356 e. The van der Waals surface area contributed by atoms with Crippen molar-refractivity contribution in [3.8, 4) is 11.1 Å². The van der Waals surface area contributed by atoms with Crippen molar-refractivity contribution in [2.75, 3.05) is 13.1 Å². The third-order valence-electron chi connectivity index (χ3n) is 5.35. The largest absolute Gasteiger partial charge is 0.356 e. The van der Waals surface area contributed by atoms with Gasteiger partial charge >= 0.3 is 0 Å². The SMILES string of the molecule is CCNC(=O)[C@H]1CC[C@@H](CNC(=O)c2ccc(-c3ccc(C)cc3)cc2)C1. The van der Waals surface area contributed by atoms with Crippen molar-refractivity contribution in [1.82, 2.24) is 10.6 Å². The maximum Gasteiger partial charge on any atom is 0.251 e. The summed E-state index contributed by atoms with van der Waals surface area (Å²) in [4.78, 5) is 24.3. The molecule has 27 heavy (non-hydrogen) atoms. The lowest BCUT2D eigenvalue weighted by atomic mass is 10.0. The Bertz CT molecular complexity index is 781. The molecule has 2 amide bonds. The van der Waals surface area contributed by atoms with Gasteiger partial charge in [-0.05, 0) is 62.3 Å². The predicted octanol–water partition coefficient (Wildman–Crippen LogP) is 3.94. The van der Waals surface area contributed by atoms with Crippen LogP contribution in [0.2, 0.25) is 0 Å². The van der Waals surface area contributed by atoms with Gasteiger partial charge in [0.1, 0.15) is 0 Å². The van der Waals surface area contributed by atoms with E-state index in [1.54, 1.807) is 0 Å². The van der Waals surface area contributed by atoms with Gasteiger partial charge in [0.25, 0.3) is 5.91 Å². The lowest BCUT2D eigenvalue weighted by Gasteiger charge is -2.12. The Hall–Kier alpha value is -2.62. The van der Waals surface area contributed by atoms with Gasteiger partial charge in [-0.2, -0.15) is 0 Å². The Morgan fingerprint density at radius 1 is 0.926 bits per heavy atom. The van der Waals surface area contributed by atoms with Crippen molar-refractivity contribution in [2.24, 2.45) is 11.8 Å². The predicted molar refractivity (Wildman–Crippen MR) is 108 cm³/mol. The van der Waals surface area contributed by atoms with Crippen LogP contribution in [0, 0.1) is 18.8 Å². The van der Waals surface area contributed by atoms with Gasteiger partial charge in [-0.25, -0.2) is 0 Å². The summed E-state index contributed by atoms with van der Waals surface area (Å²) in [5, 5.41) is 5.92. The smallest absolute Gasteiger partial charge is 0.251 e. The molecule has 0 aromatic heterocycles. The molecule has 0 radical (unpaired) electrons. The first kappa shape index (κ1) is 19.2. The number of carbonyl (C=O) groups is 2. The van der Waals surface area contributed by atoms with Crippen LogP contribution in [0.25, 0.3) is 11.1 Å². The molecule has 0 heterocycles. The monoisotopic (exact) mass is 364 g/mol. The number of benzene rings is 2. The quantitative estimate of drug-likeness (QED) is 0.815. The molecule has 0 aliphatic heterocycles. The van der Waals surface area contributed by atoms with Gasteiger partial charge in [0.15, 0.2) is 0 Å². The molecule has 1 aliphatic rings. The summed E-state index contributed by atoms with van der Waals surface area (Å²) in [6, 6.07) is 16.1. The molecule has 1 aliphatic carbocycles. The summed E-state index contributed by atoms with van der Waals surface area (Å²) >= 11 is 0. The second kappa shape index (κ2) is 8.85. The first-order valence-electron chi connectivity index (χ1n) is 9.80. The van der Waals surface area contributed by atoms with Crippen LogP contribution in [0.5, 0.6) is 0 Å². The lowest BCUT2D eigenvalue weighted by Crippen LogP contribution is -2.31. The van der Waals surface area contributed by atoms with Crippen LogP contribution in [-0.4, -0.2) is 24.9 Å². The fourth-order valence-corrected chi connectivity index (χ4v) is 3.72. The molecule has 2 N–H and O–H groups in total. The average molecular weight is 364 g/mol. The number of aryl methyl sites for hydroxylation is 1. The molecule has 0 unspecified atom stereocenters. The third-order valence-corrected chi connectivity index (χ3v) is 5.35. The molecule has 2 aromatic carbocycles. The van der Waals surface area contributed by atoms with Crippen LogP contribution in [0.4, 0.5) is 0 Å². The van der Waals surface area contributed by atoms with Gasteiger partial charge in [-0.3, -0.25) is 9.59 Å². The van der Waals surface area contributed by atoms with E-state index in [1.807, 2.05) is 31.2 Å². The van der Waals surface area contributed by atoms with Crippen LogP contribution in [-0.2, 0) is 4.79 Å². The van der Waals surface area contributed by atoms with E-state index >= 15 is 0 Å². The summed E-state index contributed by atoms with van der Waals surface area (Å²) in [7, 11) is 0. The van der Waals surface area contributed by atoms with E-state index < -0.39 is 0 Å². The van der Waals surface area contributed by atoms with Crippen LogP contribution in [0.1, 0.15) is 42.1 Å². The van der Waals surface area contributed by atoms with E-state index in [-0.39, 0.29) is 17.7 Å². The molecule has 4 nitrogen and oxygen atoms in total. The molecule has 0 bridgehead atoms. The molecule has 2 aromatic rings. The number of hydrogen-bond acceptors (Lipinski definition) is 2. The molecule has 3 rings (SSSR count). The summed E-state index contributed by atoms with van der Waals surface area (Å²) in [6.07, 6.45) is 2.77. The van der Waals surface area contributed by atoms with Gasteiger partial charge in [-0.15, -0.1) is 0 Å². The molecule has 1 fully saturated rings. The van der Waals surface area contributed by atoms with Crippen molar-refractivity contribution in [3.63, 3.8) is 0 Å². The topological polar surface area (TPSA) is 58.2 Å². The Morgan fingerprint density at radius 3 is 2.19 bits per heavy atom. The fourth-order valence-electron chi connectivity index (χ4n) is 3.72. The Balaban J connectivity index is 1.51. The number of hydrogen-bond donors (Lipinski definition) is 2. The molecule has 1 saturated carbocycles. The lowest BCUT2D eigenvalue weighted by molar-refractivity contribution is -0.124. The van der Waals surface area contributed by atoms with Crippen molar-refractivity contribution in [1.29, 1.82) is 0 Å². The summed E-state index contributed by atoms with van der Waals surface area (Å²) in [5.74, 6) is 0.582. The second-order valence-electron chi connectivity index (χ2n) is 7.42. The normalized spacial score (nSPS) is 18.9. The highest BCUT2D eigenvalue weighted by atomic mass is 16.2. The molecule has 4 heteroatoms. The molecule has 142 valence electrons. The Kier molecular flexibility index (Phi) is 6.28. The van der Waals surface area contributed by atoms with Crippen LogP contribution < -0.4 is 10.6 Å². The first-order valence-corrected chi connectivity index (χ1v) is 9.80. The third kappa shape index (κ3) is 4.97. The average Bonchev–Trinajstić information content (AvgIpc) is 3.16. The highest BCUT2D eigenvalue weighted by Gasteiger charge is 2.29. The molecular formula is C23H28N2O2. The van der Waals surface area contributed by atoms with E-state index in [4.69, 9.17) is 0 Å². The minimum absolute atomic E-state index is 0.0492. The van der Waals surface area contributed by atoms with Crippen LogP contribution >= 0.6 is 0 Å². The van der Waals surface area contributed by atoms with Crippen molar-refractivity contribution in [2.45, 2.75) is 33.1 Å². The van der Waals surface area contributed by atoms with Crippen LogP contribution in [0.15, 0.2) is 48.5 Å². The van der Waals surface area contributed by atoms with Crippen molar-refractivity contribution >= 4 is 11.8 Å². The standard InChI is InChI=1S/C23H28N2O2/c1-3-24-23(27)21-9-6-17(14-21)15-25-22(26)20-12-10-19(11-13-20)18-7-4-16(2)5-8-18/h4-5,7-8,10-13,17,21H,3,6,9,14-15H2,1-2H3,(H,24,27)(H,25,26)/t17-,21+/m1/s1. The number of nitrogens with one attached hydrogen (secondary N) is 2. The van der Waals surface area contributed by atoms with Gasteiger partial charge in [0.2, 0.25) is 5.91 Å². The van der Waals surface area contributed by atoms with Gasteiger partial charge in [0, 0.05) is 24.6 Å². The summed E-state index contributed by atoms with van der Waals surface area (Å²) < 4.78 is 0. The highest BCUT2D eigenvalue weighted by molar-refractivity contribution is 5.94. The van der Waals surface area contributed by atoms with Crippen molar-refractivity contribution < 1.29 is 9.59 Å². The van der Waals surface area contributed by atoms with Crippen LogP contribution in [0.3, 0.4) is 0 Å². The second-order valence-corrected chi connectivity index (χ2v) is 7.42. The maximum atomic E-state index is 12.4. The molecule has 2 atom stereocenters. The summed E-state index contributed by atoms with van der Waals surface area (Å²) in [6.45, 7) is 5.32. The van der Waals surface area contributed by atoms with E-state index in [9.17, 15) is 9.59 Å². The zero-order chi connectivity index (χ0) is 19.2. The summed E-state index contributed by atoms with van der Waals surface area (Å²) in [5.41, 5.74) is 4.15. The molecule has 0 saturated heterocycles. The van der Waals surface area contributed by atoms with Crippen molar-refractivity contribution in [3.05, 3.63) is 59.7 Å². The molecule has 0 spiro atoms. The van der Waals surface area contributed by atoms with E-state index in [0.717, 1.165) is 30.4 Å². The minimum atomic E-state index is -0.0492. The Morgan fingerprint density at radius 2 is 1.56 bits per heavy atom. The number of rotatable bonds is 6. The van der Waals surface area contributed by atoms with Gasteiger partial charge in [-0.1, -0.05) is 42.0 Å².